The molecule has 2 heterocycles. The fourth-order valence-electron chi connectivity index (χ4n) is 1.57. The zero-order valence-electron chi connectivity index (χ0n) is 8.81. The van der Waals surface area contributed by atoms with Crippen LogP contribution in [0.4, 0.5) is 0 Å². The lowest BCUT2D eigenvalue weighted by atomic mass is 10.3. The molecule has 92 valence electrons. The van der Waals surface area contributed by atoms with Crippen LogP contribution >= 0.6 is 34.8 Å². The van der Waals surface area contributed by atoms with Crippen molar-refractivity contribution >= 4 is 41.0 Å². The van der Waals surface area contributed by atoms with E-state index in [2.05, 4.69) is 15.7 Å². The van der Waals surface area contributed by atoms with Crippen molar-refractivity contribution in [2.45, 2.75) is 0 Å². The molecule has 0 aliphatic carbocycles. The van der Waals surface area contributed by atoms with Crippen LogP contribution in [0.5, 0.6) is 0 Å². The Morgan fingerprint density at radius 3 is 2.72 bits per heavy atom. The Hall–Kier alpha value is -1.43. The van der Waals surface area contributed by atoms with Gasteiger partial charge < -0.3 is 0 Å². The molecule has 0 bridgehead atoms. The zero-order chi connectivity index (χ0) is 12.7. The van der Waals surface area contributed by atoms with Crippen molar-refractivity contribution < 1.29 is 0 Å². The van der Waals surface area contributed by atoms with E-state index in [-0.39, 0.29) is 0 Å². The first kappa shape index (κ1) is 11.6. The molecule has 3 rings (SSSR count). The smallest absolute Gasteiger partial charge is 0.115 e. The van der Waals surface area contributed by atoms with E-state index in [1.165, 1.54) is 0 Å². The van der Waals surface area contributed by atoms with Crippen LogP contribution in [0.3, 0.4) is 0 Å². The number of nitrogens with one attached hydrogen (secondary N) is 1. The molecular weight excluding hydrogens is 297 g/mol. The lowest BCUT2D eigenvalue weighted by molar-refractivity contribution is 0.526. The number of hydrogen-bond donors (Lipinski definition) is 1. The lowest BCUT2D eigenvalue weighted by Crippen LogP contribution is -2.48. The topological polar surface area (TPSA) is 45.5 Å². The van der Waals surface area contributed by atoms with E-state index in [9.17, 15) is 0 Å². The first-order valence-corrected chi connectivity index (χ1v) is 6.08. The lowest BCUT2D eigenvalue weighted by Gasteiger charge is -2.21. The minimum absolute atomic E-state index is 0.361. The highest BCUT2D eigenvalue weighted by Gasteiger charge is 2.12. The molecule has 1 aromatic carbocycles. The quantitative estimate of drug-likeness (QED) is 0.807. The van der Waals surface area contributed by atoms with E-state index >= 15 is 0 Å². The van der Waals surface area contributed by atoms with E-state index < -0.39 is 0 Å². The normalized spacial score (nSPS) is 13.4. The van der Waals surface area contributed by atoms with Gasteiger partial charge >= 0.3 is 0 Å². The molecule has 0 amide bonds. The molecular formula is C10H6Cl3N5. The summed E-state index contributed by atoms with van der Waals surface area (Å²) in [4.78, 5) is 1.56. The SMILES string of the molecule is Clc1cc(Cl)c2c(c1Cl)=NNN(n1cccn1)C=2. The summed E-state index contributed by atoms with van der Waals surface area (Å²) in [6.45, 7) is 0. The Labute approximate surface area is 117 Å². The van der Waals surface area contributed by atoms with Crippen molar-refractivity contribution in [1.29, 1.82) is 0 Å². The summed E-state index contributed by atoms with van der Waals surface area (Å²) in [5, 5.41) is 12.2. The third-order valence-electron chi connectivity index (χ3n) is 2.41. The van der Waals surface area contributed by atoms with Gasteiger partial charge in [0.2, 0.25) is 0 Å². The van der Waals surface area contributed by atoms with E-state index in [4.69, 9.17) is 34.8 Å². The summed E-state index contributed by atoms with van der Waals surface area (Å²) >= 11 is 18.1. The van der Waals surface area contributed by atoms with Gasteiger partial charge in [-0.2, -0.15) is 25.6 Å². The van der Waals surface area contributed by atoms with Crippen molar-refractivity contribution in [3.63, 3.8) is 0 Å². The molecule has 5 nitrogen and oxygen atoms in total. The molecule has 1 aliphatic rings. The van der Waals surface area contributed by atoms with Gasteiger partial charge in [-0.1, -0.05) is 34.8 Å². The summed E-state index contributed by atoms with van der Waals surface area (Å²) in [5.41, 5.74) is 2.77. The summed E-state index contributed by atoms with van der Waals surface area (Å²) < 4.78 is 0. The van der Waals surface area contributed by atoms with Crippen LogP contribution in [0.2, 0.25) is 15.1 Å². The van der Waals surface area contributed by atoms with E-state index in [0.717, 1.165) is 0 Å². The monoisotopic (exact) mass is 301 g/mol. The molecule has 1 N–H and O–H groups in total. The van der Waals surface area contributed by atoms with Crippen LogP contribution < -0.4 is 21.2 Å². The van der Waals surface area contributed by atoms with E-state index in [1.54, 1.807) is 40.6 Å². The number of hydrogen-bond acceptors (Lipinski definition) is 4. The van der Waals surface area contributed by atoms with Crippen molar-refractivity contribution in [1.82, 2.24) is 15.4 Å². The number of halogens is 3. The Kier molecular flexibility index (Phi) is 2.81. The zero-order valence-corrected chi connectivity index (χ0v) is 11.1. The van der Waals surface area contributed by atoms with Crippen LogP contribution in [0.15, 0.2) is 29.6 Å². The number of fused-ring (bicyclic) bond motifs is 1. The van der Waals surface area contributed by atoms with Crippen LogP contribution in [0, 0.1) is 0 Å². The van der Waals surface area contributed by atoms with E-state index in [1.807, 2.05) is 0 Å². The average Bonchev–Trinajstić information content (AvgIpc) is 2.89. The standard InChI is InChI=1S/C10H6Cl3N5/c11-7-4-8(12)9(13)10-6(7)5-18(16-15-10)17-3-1-2-14-17/h1-5,16H. The van der Waals surface area contributed by atoms with Gasteiger partial charge in [-0.25, -0.2) is 0 Å². The summed E-state index contributed by atoms with van der Waals surface area (Å²) in [7, 11) is 0. The second-order valence-electron chi connectivity index (χ2n) is 3.53. The maximum atomic E-state index is 6.13. The molecule has 0 saturated carbocycles. The van der Waals surface area contributed by atoms with Crippen molar-refractivity contribution in [2.24, 2.45) is 5.10 Å². The highest BCUT2D eigenvalue weighted by Crippen LogP contribution is 2.19. The Morgan fingerprint density at radius 1 is 1.17 bits per heavy atom. The van der Waals surface area contributed by atoms with Gasteiger partial charge in [0, 0.05) is 5.22 Å². The molecule has 0 spiro atoms. The molecule has 0 fully saturated rings. The van der Waals surface area contributed by atoms with Crippen molar-refractivity contribution in [2.75, 3.05) is 5.12 Å². The maximum Gasteiger partial charge on any atom is 0.115 e. The molecule has 0 unspecified atom stereocenters. The van der Waals surface area contributed by atoms with Crippen molar-refractivity contribution in [3.05, 3.63) is 50.2 Å². The van der Waals surface area contributed by atoms with Gasteiger partial charge in [0.1, 0.15) is 5.36 Å². The van der Waals surface area contributed by atoms with Gasteiger partial charge in [-0.3, -0.25) is 0 Å². The molecule has 2 aromatic rings. The van der Waals surface area contributed by atoms with Gasteiger partial charge in [-0.15, -0.1) is 0 Å². The predicted molar refractivity (Wildman–Crippen MR) is 70.3 cm³/mol. The fourth-order valence-corrected chi connectivity index (χ4v) is 2.27. The third kappa shape index (κ3) is 1.80. The number of nitrogens with zero attached hydrogens (tertiary/aromatic N) is 4. The first-order valence-electron chi connectivity index (χ1n) is 4.95. The Balaban J connectivity index is 2.22. The van der Waals surface area contributed by atoms with Crippen LogP contribution in [-0.2, 0) is 0 Å². The molecule has 1 aliphatic heterocycles. The van der Waals surface area contributed by atoms with Crippen molar-refractivity contribution in [3.8, 4) is 0 Å². The minimum Gasteiger partial charge on any atom is -0.197 e. The van der Waals surface area contributed by atoms with Gasteiger partial charge in [0.15, 0.2) is 0 Å². The van der Waals surface area contributed by atoms with Gasteiger partial charge in [0.05, 0.1) is 33.7 Å². The molecule has 0 saturated heterocycles. The molecule has 18 heavy (non-hydrogen) atoms. The number of hydrazine groups is 1. The van der Waals surface area contributed by atoms with Gasteiger partial charge in [-0.05, 0) is 12.1 Å². The molecule has 8 heteroatoms. The molecule has 0 atom stereocenters. The van der Waals surface area contributed by atoms with Gasteiger partial charge in [0.25, 0.3) is 0 Å². The molecule has 0 radical (unpaired) electrons. The van der Waals surface area contributed by atoms with Crippen LogP contribution in [-0.4, -0.2) is 9.89 Å². The number of benzene rings is 1. The summed E-state index contributed by atoms with van der Waals surface area (Å²) in [5.74, 6) is 0. The largest absolute Gasteiger partial charge is 0.197 e. The maximum absolute atomic E-state index is 6.13. The average molecular weight is 303 g/mol. The first-order chi connectivity index (χ1) is 8.66. The van der Waals surface area contributed by atoms with Crippen LogP contribution in [0.25, 0.3) is 6.20 Å². The second-order valence-corrected chi connectivity index (χ2v) is 4.72. The minimum atomic E-state index is 0.361. The summed E-state index contributed by atoms with van der Waals surface area (Å²) in [6, 6.07) is 3.38. The second kappa shape index (κ2) is 4.35. The third-order valence-corrected chi connectivity index (χ3v) is 3.50. The predicted octanol–water partition coefficient (Wildman–Crippen LogP) is 1.27. The van der Waals surface area contributed by atoms with E-state index in [0.29, 0.717) is 25.6 Å². The number of rotatable bonds is 1. The summed E-state index contributed by atoms with van der Waals surface area (Å²) in [6.07, 6.45) is 5.15. The fraction of sp³-hybridized carbons (Fsp3) is 0. The molecule has 1 aromatic heterocycles. The Morgan fingerprint density at radius 2 is 2.00 bits per heavy atom. The number of aromatic nitrogens is 2. The highest BCUT2D eigenvalue weighted by atomic mass is 35.5. The highest BCUT2D eigenvalue weighted by molar-refractivity contribution is 6.43. The Bertz CT molecular complexity index is 710. The van der Waals surface area contributed by atoms with Crippen LogP contribution in [0.1, 0.15) is 0 Å².